The van der Waals surface area contributed by atoms with Crippen molar-refractivity contribution >= 4 is 5.97 Å². The van der Waals surface area contributed by atoms with Crippen molar-refractivity contribution in [1.82, 2.24) is 0 Å². The van der Waals surface area contributed by atoms with Gasteiger partial charge < -0.3 is 9.84 Å². The molecule has 1 aliphatic heterocycles. The van der Waals surface area contributed by atoms with Crippen LogP contribution in [0.5, 0.6) is 0 Å². The van der Waals surface area contributed by atoms with Crippen molar-refractivity contribution in [3.63, 3.8) is 0 Å². The molecule has 1 aromatic carbocycles. The first kappa shape index (κ1) is 9.85. The highest BCUT2D eigenvalue weighted by atomic mass is 16.6. The quantitative estimate of drug-likeness (QED) is 0.669. The Kier molecular flexibility index (Phi) is 1.76. The molecular formula is C13H14O3. The first-order valence-corrected chi connectivity index (χ1v) is 5.56. The van der Waals surface area contributed by atoms with E-state index in [0.717, 1.165) is 24.0 Å². The molecule has 2 atom stereocenters. The lowest BCUT2D eigenvalue weighted by Gasteiger charge is -2.40. The highest BCUT2D eigenvalue weighted by molar-refractivity contribution is 5.85. The Hall–Kier alpha value is -1.35. The predicted octanol–water partition coefficient (Wildman–Crippen LogP) is 1.38. The number of fused-ring (bicyclic) bond motifs is 3. The van der Waals surface area contributed by atoms with Crippen LogP contribution in [0.1, 0.15) is 24.5 Å². The van der Waals surface area contributed by atoms with Gasteiger partial charge in [0.15, 0.2) is 5.60 Å². The summed E-state index contributed by atoms with van der Waals surface area (Å²) >= 11 is 0. The SMILES string of the molecule is CC12CCc3ccccc3C1(O)C(=O)OC2. The molecule has 16 heavy (non-hydrogen) atoms. The van der Waals surface area contributed by atoms with Gasteiger partial charge in [0.2, 0.25) is 0 Å². The summed E-state index contributed by atoms with van der Waals surface area (Å²) in [6, 6.07) is 7.59. The van der Waals surface area contributed by atoms with Crippen LogP contribution in [0.25, 0.3) is 0 Å². The van der Waals surface area contributed by atoms with E-state index in [1.54, 1.807) is 0 Å². The fraction of sp³-hybridized carbons (Fsp3) is 0.462. The lowest BCUT2D eigenvalue weighted by molar-refractivity contribution is -0.159. The lowest BCUT2D eigenvalue weighted by Crippen LogP contribution is -2.48. The molecule has 0 spiro atoms. The molecule has 3 heteroatoms. The number of ether oxygens (including phenoxy) is 1. The third kappa shape index (κ3) is 0.944. The minimum Gasteiger partial charge on any atom is -0.463 e. The molecule has 0 radical (unpaired) electrons. The summed E-state index contributed by atoms with van der Waals surface area (Å²) in [4.78, 5) is 11.8. The zero-order valence-corrected chi connectivity index (χ0v) is 9.19. The average Bonchev–Trinajstić information content (AvgIpc) is 2.54. The van der Waals surface area contributed by atoms with Crippen LogP contribution in [0.4, 0.5) is 0 Å². The van der Waals surface area contributed by atoms with Gasteiger partial charge in [0, 0.05) is 5.41 Å². The maximum Gasteiger partial charge on any atom is 0.343 e. The van der Waals surface area contributed by atoms with Crippen LogP contribution in [0, 0.1) is 5.41 Å². The molecule has 1 N–H and O–H groups in total. The van der Waals surface area contributed by atoms with E-state index >= 15 is 0 Å². The van der Waals surface area contributed by atoms with Crippen molar-refractivity contribution in [3.05, 3.63) is 35.4 Å². The Balaban J connectivity index is 2.26. The van der Waals surface area contributed by atoms with Gasteiger partial charge in [-0.05, 0) is 24.0 Å². The smallest absolute Gasteiger partial charge is 0.343 e. The summed E-state index contributed by atoms with van der Waals surface area (Å²) in [6.07, 6.45) is 1.68. The molecule has 84 valence electrons. The molecule has 2 unspecified atom stereocenters. The summed E-state index contributed by atoms with van der Waals surface area (Å²) < 4.78 is 5.07. The van der Waals surface area contributed by atoms with E-state index < -0.39 is 17.0 Å². The van der Waals surface area contributed by atoms with Crippen LogP contribution in [0.3, 0.4) is 0 Å². The molecule has 1 aromatic rings. The largest absolute Gasteiger partial charge is 0.463 e. The second kappa shape index (κ2) is 2.86. The highest BCUT2D eigenvalue weighted by Gasteiger charge is 2.62. The Morgan fingerprint density at radius 3 is 2.94 bits per heavy atom. The van der Waals surface area contributed by atoms with E-state index in [-0.39, 0.29) is 0 Å². The van der Waals surface area contributed by atoms with Gasteiger partial charge in [-0.1, -0.05) is 31.2 Å². The van der Waals surface area contributed by atoms with Crippen LogP contribution in [-0.2, 0) is 21.6 Å². The van der Waals surface area contributed by atoms with E-state index in [4.69, 9.17) is 4.74 Å². The molecular weight excluding hydrogens is 204 g/mol. The second-order valence-electron chi connectivity index (χ2n) is 5.00. The van der Waals surface area contributed by atoms with Crippen LogP contribution < -0.4 is 0 Å². The zero-order chi connectivity index (χ0) is 11.4. The summed E-state index contributed by atoms with van der Waals surface area (Å²) in [5.41, 5.74) is -0.132. The summed E-state index contributed by atoms with van der Waals surface area (Å²) in [7, 11) is 0. The molecule has 0 aromatic heterocycles. The van der Waals surface area contributed by atoms with Crippen LogP contribution >= 0.6 is 0 Å². The van der Waals surface area contributed by atoms with E-state index in [1.807, 2.05) is 31.2 Å². The molecule has 3 nitrogen and oxygen atoms in total. The van der Waals surface area contributed by atoms with Crippen LogP contribution in [0.2, 0.25) is 0 Å². The third-order valence-corrected chi connectivity index (χ3v) is 4.04. The minimum atomic E-state index is -1.44. The third-order valence-electron chi connectivity index (χ3n) is 4.04. The first-order chi connectivity index (χ1) is 7.58. The van der Waals surface area contributed by atoms with Crippen molar-refractivity contribution in [2.75, 3.05) is 6.61 Å². The van der Waals surface area contributed by atoms with Crippen LogP contribution in [-0.4, -0.2) is 17.7 Å². The topological polar surface area (TPSA) is 46.5 Å². The summed E-state index contributed by atoms with van der Waals surface area (Å²) in [5.74, 6) is -0.498. The maximum atomic E-state index is 11.8. The average molecular weight is 218 g/mol. The Morgan fingerprint density at radius 2 is 2.12 bits per heavy atom. The number of carbonyl (C=O) groups is 1. The lowest BCUT2D eigenvalue weighted by atomic mass is 9.63. The first-order valence-electron chi connectivity index (χ1n) is 5.56. The number of hydrogen-bond donors (Lipinski definition) is 1. The fourth-order valence-corrected chi connectivity index (χ4v) is 2.87. The summed E-state index contributed by atoms with van der Waals surface area (Å²) in [5, 5.41) is 10.7. The maximum absolute atomic E-state index is 11.8. The monoisotopic (exact) mass is 218 g/mol. The Morgan fingerprint density at radius 1 is 1.38 bits per heavy atom. The Labute approximate surface area is 94.0 Å². The molecule has 2 aliphatic rings. The molecule has 0 amide bonds. The van der Waals surface area contributed by atoms with Gasteiger partial charge in [-0.2, -0.15) is 0 Å². The minimum absolute atomic E-state index is 0.316. The number of carbonyl (C=O) groups excluding carboxylic acids is 1. The highest BCUT2D eigenvalue weighted by Crippen LogP contribution is 2.52. The number of aryl methyl sites for hydroxylation is 1. The number of esters is 1. The molecule has 3 rings (SSSR count). The van der Waals surface area contributed by atoms with Crippen molar-refractivity contribution in [3.8, 4) is 0 Å². The molecule has 1 saturated heterocycles. The number of cyclic esters (lactones) is 1. The fourth-order valence-electron chi connectivity index (χ4n) is 2.87. The standard InChI is InChI=1S/C13H14O3/c1-12-7-6-9-4-2-3-5-10(9)13(12,15)11(14)16-8-12/h2-5,15H,6-8H2,1H3. The van der Waals surface area contributed by atoms with E-state index in [1.165, 1.54) is 0 Å². The molecule has 1 heterocycles. The van der Waals surface area contributed by atoms with Crippen molar-refractivity contribution in [1.29, 1.82) is 0 Å². The van der Waals surface area contributed by atoms with Gasteiger partial charge in [-0.25, -0.2) is 4.79 Å². The van der Waals surface area contributed by atoms with E-state index in [2.05, 4.69) is 0 Å². The van der Waals surface area contributed by atoms with E-state index in [9.17, 15) is 9.90 Å². The number of rotatable bonds is 0. The molecule has 0 saturated carbocycles. The number of aliphatic hydroxyl groups is 1. The Bertz CT molecular complexity index is 468. The normalized spacial score (nSPS) is 36.5. The van der Waals surface area contributed by atoms with Gasteiger partial charge in [-0.3, -0.25) is 0 Å². The van der Waals surface area contributed by atoms with Gasteiger partial charge in [0.25, 0.3) is 0 Å². The van der Waals surface area contributed by atoms with E-state index in [0.29, 0.717) is 6.61 Å². The van der Waals surface area contributed by atoms with Gasteiger partial charge in [-0.15, -0.1) is 0 Å². The zero-order valence-electron chi connectivity index (χ0n) is 9.19. The van der Waals surface area contributed by atoms with Crippen molar-refractivity contribution in [2.45, 2.75) is 25.4 Å². The molecule has 1 fully saturated rings. The van der Waals surface area contributed by atoms with Gasteiger partial charge >= 0.3 is 5.97 Å². The number of benzene rings is 1. The van der Waals surface area contributed by atoms with Gasteiger partial charge in [0.05, 0.1) is 0 Å². The second-order valence-corrected chi connectivity index (χ2v) is 5.00. The summed E-state index contributed by atoms with van der Waals surface area (Å²) in [6.45, 7) is 2.24. The van der Waals surface area contributed by atoms with Crippen molar-refractivity contribution in [2.24, 2.45) is 5.41 Å². The van der Waals surface area contributed by atoms with Crippen molar-refractivity contribution < 1.29 is 14.6 Å². The van der Waals surface area contributed by atoms with Crippen LogP contribution in [0.15, 0.2) is 24.3 Å². The predicted molar refractivity (Wildman–Crippen MR) is 57.7 cm³/mol. The molecule has 1 aliphatic carbocycles. The molecule has 0 bridgehead atoms. The van der Waals surface area contributed by atoms with Gasteiger partial charge in [0.1, 0.15) is 6.61 Å². The number of hydrogen-bond acceptors (Lipinski definition) is 3.